The van der Waals surface area contributed by atoms with Crippen LogP contribution in [0.5, 0.6) is 0 Å². The van der Waals surface area contributed by atoms with Crippen molar-refractivity contribution in [2.24, 2.45) is 5.92 Å². The number of hydrogen-bond acceptors (Lipinski definition) is 1. The Morgan fingerprint density at radius 1 is 1.28 bits per heavy atom. The SMILES string of the molecule is CCCCC(CC)CC(=O)c1cc(C)cc(Br)c1. The predicted octanol–water partition coefficient (Wildman–Crippen LogP) is 5.55. The summed E-state index contributed by atoms with van der Waals surface area (Å²) in [5.41, 5.74) is 1.98. The lowest BCUT2D eigenvalue weighted by Crippen LogP contribution is -2.08. The summed E-state index contributed by atoms with van der Waals surface area (Å²) in [6.45, 7) is 6.40. The number of aryl methyl sites for hydroxylation is 1. The Labute approximate surface area is 119 Å². The number of rotatable bonds is 7. The van der Waals surface area contributed by atoms with Gasteiger partial charge in [-0.15, -0.1) is 0 Å². The van der Waals surface area contributed by atoms with Gasteiger partial charge in [0.15, 0.2) is 5.78 Å². The first-order valence-electron chi connectivity index (χ1n) is 6.87. The third-order valence-corrected chi connectivity index (χ3v) is 3.84. The van der Waals surface area contributed by atoms with E-state index in [0.29, 0.717) is 12.3 Å². The van der Waals surface area contributed by atoms with Gasteiger partial charge in [0.25, 0.3) is 0 Å². The zero-order valence-corrected chi connectivity index (χ0v) is 13.2. The Hall–Kier alpha value is -0.630. The monoisotopic (exact) mass is 310 g/mol. The molecule has 2 heteroatoms. The summed E-state index contributed by atoms with van der Waals surface area (Å²) in [6, 6.07) is 5.95. The Morgan fingerprint density at radius 3 is 2.56 bits per heavy atom. The molecule has 0 fully saturated rings. The molecular weight excluding hydrogens is 288 g/mol. The average Bonchev–Trinajstić information content (AvgIpc) is 2.32. The predicted molar refractivity (Wildman–Crippen MR) is 81.1 cm³/mol. The number of carbonyl (C=O) groups excluding carboxylic acids is 1. The van der Waals surface area contributed by atoms with Crippen molar-refractivity contribution < 1.29 is 4.79 Å². The number of ketones is 1. The molecule has 0 radical (unpaired) electrons. The Bertz CT molecular complexity index is 378. The summed E-state index contributed by atoms with van der Waals surface area (Å²) in [7, 11) is 0. The maximum Gasteiger partial charge on any atom is 0.163 e. The number of unbranched alkanes of at least 4 members (excludes halogenated alkanes) is 1. The summed E-state index contributed by atoms with van der Waals surface area (Å²) in [6.07, 6.45) is 5.39. The van der Waals surface area contributed by atoms with Crippen LogP contribution >= 0.6 is 15.9 Å². The summed E-state index contributed by atoms with van der Waals surface area (Å²) >= 11 is 3.45. The lowest BCUT2D eigenvalue weighted by molar-refractivity contribution is 0.0957. The molecule has 100 valence electrons. The lowest BCUT2D eigenvalue weighted by Gasteiger charge is -2.13. The van der Waals surface area contributed by atoms with E-state index in [9.17, 15) is 4.79 Å². The van der Waals surface area contributed by atoms with Crippen molar-refractivity contribution in [3.05, 3.63) is 33.8 Å². The minimum atomic E-state index is 0.280. The zero-order chi connectivity index (χ0) is 13.5. The number of carbonyl (C=O) groups is 1. The van der Waals surface area contributed by atoms with Gasteiger partial charge in [-0.3, -0.25) is 4.79 Å². The van der Waals surface area contributed by atoms with E-state index in [4.69, 9.17) is 0 Å². The van der Waals surface area contributed by atoms with E-state index in [-0.39, 0.29) is 5.78 Å². The number of hydrogen-bond donors (Lipinski definition) is 0. The fraction of sp³-hybridized carbons (Fsp3) is 0.562. The highest BCUT2D eigenvalue weighted by atomic mass is 79.9. The first-order valence-corrected chi connectivity index (χ1v) is 7.66. The number of halogens is 1. The van der Waals surface area contributed by atoms with Crippen LogP contribution in [0, 0.1) is 12.8 Å². The van der Waals surface area contributed by atoms with Gasteiger partial charge in [0.05, 0.1) is 0 Å². The minimum absolute atomic E-state index is 0.280. The lowest BCUT2D eigenvalue weighted by atomic mass is 9.91. The van der Waals surface area contributed by atoms with Gasteiger partial charge in [-0.25, -0.2) is 0 Å². The Morgan fingerprint density at radius 2 is 2.00 bits per heavy atom. The van der Waals surface area contributed by atoms with Crippen LogP contribution in [0.15, 0.2) is 22.7 Å². The Balaban J connectivity index is 2.68. The van der Waals surface area contributed by atoms with E-state index in [1.807, 2.05) is 25.1 Å². The largest absolute Gasteiger partial charge is 0.294 e. The molecule has 1 rings (SSSR count). The first kappa shape index (κ1) is 15.4. The molecule has 1 atom stereocenters. The molecule has 18 heavy (non-hydrogen) atoms. The van der Waals surface area contributed by atoms with E-state index >= 15 is 0 Å². The fourth-order valence-corrected chi connectivity index (χ4v) is 2.83. The molecule has 1 unspecified atom stereocenters. The third kappa shape index (κ3) is 4.93. The molecule has 0 bridgehead atoms. The second-order valence-electron chi connectivity index (χ2n) is 5.06. The molecule has 1 aromatic rings. The van der Waals surface area contributed by atoms with Gasteiger partial charge in [0, 0.05) is 16.5 Å². The van der Waals surface area contributed by atoms with Gasteiger partial charge >= 0.3 is 0 Å². The highest BCUT2D eigenvalue weighted by molar-refractivity contribution is 9.10. The average molecular weight is 311 g/mol. The van der Waals surface area contributed by atoms with Crippen molar-refractivity contribution in [3.8, 4) is 0 Å². The second-order valence-corrected chi connectivity index (χ2v) is 5.98. The molecule has 0 N–H and O–H groups in total. The summed E-state index contributed by atoms with van der Waals surface area (Å²) in [4.78, 5) is 12.3. The summed E-state index contributed by atoms with van der Waals surface area (Å²) in [5.74, 6) is 0.819. The van der Waals surface area contributed by atoms with Crippen molar-refractivity contribution in [2.75, 3.05) is 0 Å². The molecule has 0 heterocycles. The van der Waals surface area contributed by atoms with Crippen LogP contribution in [-0.4, -0.2) is 5.78 Å². The fourth-order valence-electron chi connectivity index (χ4n) is 2.22. The van der Waals surface area contributed by atoms with Crippen LogP contribution in [0.2, 0.25) is 0 Å². The molecule has 0 spiro atoms. The van der Waals surface area contributed by atoms with E-state index < -0.39 is 0 Å². The van der Waals surface area contributed by atoms with E-state index in [2.05, 4.69) is 29.8 Å². The van der Waals surface area contributed by atoms with Gasteiger partial charge in [-0.2, -0.15) is 0 Å². The van der Waals surface area contributed by atoms with Crippen LogP contribution in [0.25, 0.3) is 0 Å². The van der Waals surface area contributed by atoms with Crippen LogP contribution in [0.3, 0.4) is 0 Å². The van der Waals surface area contributed by atoms with E-state index in [1.165, 1.54) is 19.3 Å². The quantitative estimate of drug-likeness (QED) is 0.604. The van der Waals surface area contributed by atoms with Gasteiger partial charge in [-0.1, -0.05) is 55.5 Å². The molecule has 0 saturated heterocycles. The molecule has 0 aliphatic rings. The maximum atomic E-state index is 12.3. The number of benzene rings is 1. The number of Topliss-reactive ketones (excluding diaryl/α,β-unsaturated/α-hetero) is 1. The van der Waals surface area contributed by atoms with Crippen molar-refractivity contribution in [1.82, 2.24) is 0 Å². The third-order valence-electron chi connectivity index (χ3n) is 3.38. The molecule has 0 aliphatic heterocycles. The molecule has 0 saturated carbocycles. The van der Waals surface area contributed by atoms with E-state index in [1.54, 1.807) is 0 Å². The zero-order valence-electron chi connectivity index (χ0n) is 11.6. The maximum absolute atomic E-state index is 12.3. The molecular formula is C16H23BrO. The topological polar surface area (TPSA) is 17.1 Å². The smallest absolute Gasteiger partial charge is 0.163 e. The molecule has 1 aromatic carbocycles. The summed E-state index contributed by atoms with van der Waals surface area (Å²) < 4.78 is 0.993. The van der Waals surface area contributed by atoms with Crippen LogP contribution < -0.4 is 0 Å². The summed E-state index contributed by atoms with van der Waals surface area (Å²) in [5, 5.41) is 0. The normalized spacial score (nSPS) is 12.4. The van der Waals surface area contributed by atoms with Gasteiger partial charge in [0.1, 0.15) is 0 Å². The molecule has 0 aromatic heterocycles. The molecule has 0 aliphatic carbocycles. The van der Waals surface area contributed by atoms with Crippen molar-refractivity contribution in [1.29, 1.82) is 0 Å². The minimum Gasteiger partial charge on any atom is -0.294 e. The van der Waals surface area contributed by atoms with Crippen LogP contribution in [0.4, 0.5) is 0 Å². The van der Waals surface area contributed by atoms with Crippen molar-refractivity contribution >= 4 is 21.7 Å². The highest BCUT2D eigenvalue weighted by Crippen LogP contribution is 2.22. The molecule has 0 amide bonds. The van der Waals surface area contributed by atoms with Gasteiger partial charge in [0.2, 0.25) is 0 Å². The van der Waals surface area contributed by atoms with E-state index in [0.717, 1.165) is 22.0 Å². The van der Waals surface area contributed by atoms with Gasteiger partial charge < -0.3 is 0 Å². The molecule has 1 nitrogen and oxygen atoms in total. The van der Waals surface area contributed by atoms with Crippen molar-refractivity contribution in [3.63, 3.8) is 0 Å². The Kier molecular flexibility index (Phi) is 6.62. The van der Waals surface area contributed by atoms with Crippen molar-refractivity contribution in [2.45, 2.75) is 52.9 Å². The standard InChI is InChI=1S/C16H23BrO/c1-4-6-7-13(5-2)10-16(18)14-8-12(3)9-15(17)11-14/h8-9,11,13H,4-7,10H2,1-3H3. The van der Waals surface area contributed by atoms with Crippen LogP contribution in [-0.2, 0) is 0 Å². The highest BCUT2D eigenvalue weighted by Gasteiger charge is 2.14. The van der Waals surface area contributed by atoms with Crippen LogP contribution in [0.1, 0.15) is 61.9 Å². The first-order chi connectivity index (χ1) is 8.56. The van der Waals surface area contributed by atoms with Gasteiger partial charge in [-0.05, 0) is 36.6 Å². The second kappa shape index (κ2) is 7.73.